The van der Waals surface area contributed by atoms with E-state index >= 15 is 0 Å². The van der Waals surface area contributed by atoms with E-state index in [1.165, 1.54) is 5.57 Å². The molecular weight excluding hydrogens is 164 g/mol. The Balaban J connectivity index is 5.02. The van der Waals surface area contributed by atoms with Crippen LogP contribution in [-0.2, 0) is 0 Å². The zero-order valence-corrected chi connectivity index (χ0v) is 8.87. The smallest absolute Gasteiger partial charge is 0.00914 e. The molecule has 0 bridgehead atoms. The molecule has 0 spiro atoms. The van der Waals surface area contributed by atoms with Crippen LogP contribution in [0, 0.1) is 0 Å². The average molecular weight is 180 g/mol. The molecule has 12 heavy (non-hydrogen) atoms. The molecule has 0 aliphatic rings. The van der Waals surface area contributed by atoms with Crippen LogP contribution in [0.1, 0.15) is 27.2 Å². The Hall–Kier alpha value is -0.690. The van der Waals surface area contributed by atoms with Crippen LogP contribution in [-0.4, -0.2) is 5.37 Å². The molecule has 0 rings (SSSR count). The molecule has 0 heterocycles. The molecular formula is C11H16S. The second kappa shape index (κ2) is 5.90. The Labute approximate surface area is 80.7 Å². The van der Waals surface area contributed by atoms with Crippen molar-refractivity contribution in [1.82, 2.24) is 0 Å². The van der Waals surface area contributed by atoms with E-state index in [0.717, 1.165) is 17.6 Å². The molecule has 0 fully saturated rings. The Morgan fingerprint density at radius 2 is 2.08 bits per heavy atom. The van der Waals surface area contributed by atoms with Gasteiger partial charge in [0.05, 0.1) is 0 Å². The van der Waals surface area contributed by atoms with Crippen LogP contribution in [0.2, 0.25) is 0 Å². The summed E-state index contributed by atoms with van der Waals surface area (Å²) in [5.74, 6) is 0. The quantitative estimate of drug-likeness (QED) is 0.360. The van der Waals surface area contributed by atoms with Gasteiger partial charge in [-0.2, -0.15) is 0 Å². The standard InChI is InChI=1S/C11H16S/c1-5-9(4)11(8-12)10(6-2)7-3/h6-8H,2,5H2,1,3-4H3/b10-7-,11-9-. The van der Waals surface area contributed by atoms with Crippen LogP contribution >= 0.6 is 12.2 Å². The summed E-state index contributed by atoms with van der Waals surface area (Å²) in [5, 5.41) is 1.73. The van der Waals surface area contributed by atoms with E-state index in [-0.39, 0.29) is 0 Å². The average Bonchev–Trinajstić information content (AvgIpc) is 2.12. The fraction of sp³-hybridized carbons (Fsp3) is 0.364. The van der Waals surface area contributed by atoms with Crippen LogP contribution in [0.5, 0.6) is 0 Å². The highest BCUT2D eigenvalue weighted by molar-refractivity contribution is 7.79. The van der Waals surface area contributed by atoms with E-state index in [9.17, 15) is 0 Å². The minimum Gasteiger partial charge on any atom is -0.0985 e. The number of rotatable bonds is 4. The summed E-state index contributed by atoms with van der Waals surface area (Å²) in [4.78, 5) is 0. The van der Waals surface area contributed by atoms with E-state index in [0.29, 0.717) is 0 Å². The highest BCUT2D eigenvalue weighted by Gasteiger charge is 2.00. The van der Waals surface area contributed by atoms with Crippen molar-refractivity contribution in [3.63, 3.8) is 0 Å². The highest BCUT2D eigenvalue weighted by atomic mass is 32.1. The summed E-state index contributed by atoms with van der Waals surface area (Å²) >= 11 is 4.95. The zero-order valence-electron chi connectivity index (χ0n) is 8.05. The Morgan fingerprint density at radius 1 is 1.50 bits per heavy atom. The SMILES string of the molecule is C=CC(=C/C)/C(C=S)=C(/C)CC. The van der Waals surface area contributed by atoms with Crippen molar-refractivity contribution in [2.24, 2.45) is 0 Å². The van der Waals surface area contributed by atoms with Crippen LogP contribution < -0.4 is 0 Å². The molecule has 0 atom stereocenters. The van der Waals surface area contributed by atoms with Gasteiger partial charge in [0.15, 0.2) is 0 Å². The van der Waals surface area contributed by atoms with Crippen LogP contribution in [0.4, 0.5) is 0 Å². The van der Waals surface area contributed by atoms with E-state index in [4.69, 9.17) is 12.2 Å². The lowest BCUT2D eigenvalue weighted by Gasteiger charge is -2.05. The third-order valence-electron chi connectivity index (χ3n) is 1.95. The molecule has 0 radical (unpaired) electrons. The van der Waals surface area contributed by atoms with Gasteiger partial charge in [-0.25, -0.2) is 0 Å². The molecule has 0 N–H and O–H groups in total. The van der Waals surface area contributed by atoms with E-state index < -0.39 is 0 Å². The molecule has 0 aromatic carbocycles. The predicted octanol–water partition coefficient (Wildman–Crippen LogP) is 3.84. The molecule has 0 nitrogen and oxygen atoms in total. The first-order valence-electron chi connectivity index (χ1n) is 4.15. The number of thiocarbonyl (C=S) groups is 1. The summed E-state index contributed by atoms with van der Waals surface area (Å²) in [6.07, 6.45) is 4.91. The zero-order chi connectivity index (χ0) is 9.56. The van der Waals surface area contributed by atoms with E-state index in [1.54, 1.807) is 5.37 Å². The van der Waals surface area contributed by atoms with Crippen molar-refractivity contribution in [2.45, 2.75) is 27.2 Å². The number of hydrogen-bond acceptors (Lipinski definition) is 1. The minimum atomic E-state index is 1.04. The van der Waals surface area contributed by atoms with E-state index in [2.05, 4.69) is 20.4 Å². The first-order valence-corrected chi connectivity index (χ1v) is 4.62. The molecule has 0 aliphatic carbocycles. The Morgan fingerprint density at radius 3 is 2.33 bits per heavy atom. The molecule has 1 heteroatoms. The monoisotopic (exact) mass is 180 g/mol. The van der Waals surface area contributed by atoms with Gasteiger partial charge in [0.2, 0.25) is 0 Å². The van der Waals surface area contributed by atoms with Gasteiger partial charge in [-0.1, -0.05) is 43.4 Å². The summed E-state index contributed by atoms with van der Waals surface area (Å²) in [7, 11) is 0. The minimum absolute atomic E-state index is 1.04. The fourth-order valence-electron chi connectivity index (χ4n) is 0.989. The second-order valence-electron chi connectivity index (χ2n) is 2.61. The summed E-state index contributed by atoms with van der Waals surface area (Å²) in [6.45, 7) is 9.98. The maximum absolute atomic E-state index is 4.95. The summed E-state index contributed by atoms with van der Waals surface area (Å²) in [5.41, 5.74) is 3.59. The normalized spacial score (nSPS) is 13.8. The van der Waals surface area contributed by atoms with Crippen molar-refractivity contribution in [2.75, 3.05) is 0 Å². The van der Waals surface area contributed by atoms with Gasteiger partial charge in [-0.05, 0) is 31.4 Å². The lowest BCUT2D eigenvalue weighted by atomic mass is 10.0. The van der Waals surface area contributed by atoms with Gasteiger partial charge < -0.3 is 0 Å². The third-order valence-corrected chi connectivity index (χ3v) is 2.19. The Kier molecular flexibility index (Phi) is 5.56. The Bertz CT molecular complexity index is 231. The lowest BCUT2D eigenvalue weighted by Crippen LogP contribution is -1.91. The molecule has 66 valence electrons. The molecule has 0 unspecified atom stereocenters. The van der Waals surface area contributed by atoms with Crippen LogP contribution in [0.15, 0.2) is 35.5 Å². The molecule has 0 aliphatic heterocycles. The van der Waals surface area contributed by atoms with Gasteiger partial charge in [0, 0.05) is 5.37 Å². The van der Waals surface area contributed by atoms with Gasteiger partial charge >= 0.3 is 0 Å². The van der Waals surface area contributed by atoms with Crippen molar-refractivity contribution in [3.8, 4) is 0 Å². The number of hydrogen-bond donors (Lipinski definition) is 0. The molecule has 0 saturated heterocycles. The van der Waals surface area contributed by atoms with Crippen molar-refractivity contribution in [3.05, 3.63) is 35.5 Å². The molecule has 0 amide bonds. The third kappa shape index (κ3) is 2.74. The maximum Gasteiger partial charge on any atom is 0.00914 e. The van der Waals surface area contributed by atoms with E-state index in [1.807, 2.05) is 19.1 Å². The van der Waals surface area contributed by atoms with Crippen molar-refractivity contribution in [1.29, 1.82) is 0 Å². The maximum atomic E-state index is 4.95. The first-order chi connectivity index (χ1) is 5.71. The molecule has 0 aromatic heterocycles. The fourth-order valence-corrected chi connectivity index (χ4v) is 1.33. The number of allylic oxidation sites excluding steroid dienone is 5. The predicted molar refractivity (Wildman–Crippen MR) is 60.6 cm³/mol. The van der Waals surface area contributed by atoms with Crippen LogP contribution in [0.3, 0.4) is 0 Å². The largest absolute Gasteiger partial charge is 0.0985 e. The van der Waals surface area contributed by atoms with Gasteiger partial charge in [0.1, 0.15) is 0 Å². The summed E-state index contributed by atoms with van der Waals surface area (Å²) < 4.78 is 0. The molecule has 0 aromatic rings. The first kappa shape index (κ1) is 11.3. The lowest BCUT2D eigenvalue weighted by molar-refractivity contribution is 1.09. The highest BCUT2D eigenvalue weighted by Crippen LogP contribution is 2.16. The van der Waals surface area contributed by atoms with Gasteiger partial charge in [-0.3, -0.25) is 0 Å². The van der Waals surface area contributed by atoms with Crippen molar-refractivity contribution >= 4 is 17.6 Å². The van der Waals surface area contributed by atoms with Gasteiger partial charge in [-0.15, -0.1) is 0 Å². The topological polar surface area (TPSA) is 0 Å². The van der Waals surface area contributed by atoms with Gasteiger partial charge in [0.25, 0.3) is 0 Å². The second-order valence-corrected chi connectivity index (χ2v) is 2.85. The summed E-state index contributed by atoms with van der Waals surface area (Å²) in [6, 6.07) is 0. The van der Waals surface area contributed by atoms with Crippen LogP contribution in [0.25, 0.3) is 0 Å². The van der Waals surface area contributed by atoms with Crippen molar-refractivity contribution < 1.29 is 0 Å². The molecule has 0 saturated carbocycles.